The summed E-state index contributed by atoms with van der Waals surface area (Å²) in [7, 11) is 0. The summed E-state index contributed by atoms with van der Waals surface area (Å²) in [5.41, 5.74) is 5.80. The number of amides is 2. The lowest BCUT2D eigenvalue weighted by atomic mass is 10.2. The van der Waals surface area contributed by atoms with E-state index >= 15 is 0 Å². The molecule has 0 bridgehead atoms. The lowest BCUT2D eigenvalue weighted by molar-refractivity contribution is -0.116. The Balaban J connectivity index is 1.83. The fourth-order valence-electron chi connectivity index (χ4n) is 1.77. The minimum Gasteiger partial charge on any atom is -0.467 e. The van der Waals surface area contributed by atoms with E-state index in [-0.39, 0.29) is 23.0 Å². The van der Waals surface area contributed by atoms with Gasteiger partial charge >= 0.3 is 0 Å². The zero-order valence-electron chi connectivity index (χ0n) is 12.7. The van der Waals surface area contributed by atoms with Crippen LogP contribution in [0.1, 0.15) is 23.0 Å². The highest BCUT2D eigenvalue weighted by atomic mass is 35.5. The highest BCUT2D eigenvalue weighted by Crippen LogP contribution is 2.20. The van der Waals surface area contributed by atoms with Crippen LogP contribution >= 0.6 is 23.2 Å². The van der Waals surface area contributed by atoms with Crippen LogP contribution in [0.25, 0.3) is 0 Å². The van der Waals surface area contributed by atoms with Crippen molar-refractivity contribution in [2.45, 2.75) is 13.5 Å². The van der Waals surface area contributed by atoms with Gasteiger partial charge in [-0.3, -0.25) is 15.0 Å². The van der Waals surface area contributed by atoms with Crippen molar-refractivity contribution in [3.05, 3.63) is 69.7 Å². The molecule has 0 aliphatic rings. The number of carbonyl (C=O) groups excluding carboxylic acids is 2. The third-order valence-electron chi connectivity index (χ3n) is 2.91. The normalized spacial score (nSPS) is 11.0. The first-order chi connectivity index (χ1) is 11.5. The van der Waals surface area contributed by atoms with Gasteiger partial charge in [0.2, 0.25) is 5.91 Å². The largest absolute Gasteiger partial charge is 0.467 e. The van der Waals surface area contributed by atoms with Gasteiger partial charge in [0.25, 0.3) is 5.91 Å². The van der Waals surface area contributed by atoms with Gasteiger partial charge in [0.05, 0.1) is 23.4 Å². The Labute approximate surface area is 148 Å². The second-order valence-corrected chi connectivity index (χ2v) is 5.67. The third-order valence-corrected chi connectivity index (χ3v) is 3.46. The maximum atomic E-state index is 12.0. The molecule has 0 atom stereocenters. The van der Waals surface area contributed by atoms with E-state index in [0.29, 0.717) is 16.5 Å². The molecule has 0 aliphatic heterocycles. The molecule has 0 saturated heterocycles. The van der Waals surface area contributed by atoms with Crippen molar-refractivity contribution in [1.82, 2.24) is 16.2 Å². The van der Waals surface area contributed by atoms with Crippen LogP contribution in [0.15, 0.2) is 52.8 Å². The molecule has 1 heterocycles. The predicted molar refractivity (Wildman–Crippen MR) is 91.4 cm³/mol. The van der Waals surface area contributed by atoms with Gasteiger partial charge in [-0.2, -0.15) is 0 Å². The third kappa shape index (κ3) is 5.33. The molecule has 1 aromatic carbocycles. The van der Waals surface area contributed by atoms with E-state index in [0.717, 1.165) is 0 Å². The SMILES string of the molecule is C/C(=C/C(=O)NCc1ccco1)NNC(=O)c1ccc(Cl)cc1Cl. The van der Waals surface area contributed by atoms with Crippen molar-refractivity contribution in [2.75, 3.05) is 0 Å². The summed E-state index contributed by atoms with van der Waals surface area (Å²) in [5, 5.41) is 3.33. The summed E-state index contributed by atoms with van der Waals surface area (Å²) in [6.07, 6.45) is 2.84. The highest BCUT2D eigenvalue weighted by molar-refractivity contribution is 6.36. The molecule has 2 rings (SSSR count). The minimum atomic E-state index is -0.444. The van der Waals surface area contributed by atoms with E-state index in [1.54, 1.807) is 25.1 Å². The summed E-state index contributed by atoms with van der Waals surface area (Å²) in [5.74, 6) is -0.122. The molecule has 0 aliphatic carbocycles. The summed E-state index contributed by atoms with van der Waals surface area (Å²) in [6, 6.07) is 8.04. The number of hydrogen-bond donors (Lipinski definition) is 3. The Hall–Kier alpha value is -2.44. The van der Waals surface area contributed by atoms with Crippen molar-refractivity contribution in [3.63, 3.8) is 0 Å². The number of benzene rings is 1. The highest BCUT2D eigenvalue weighted by Gasteiger charge is 2.10. The smallest absolute Gasteiger partial charge is 0.271 e. The number of rotatable bonds is 6. The van der Waals surface area contributed by atoms with Gasteiger partial charge in [0.1, 0.15) is 5.76 Å². The number of nitrogens with one attached hydrogen (secondary N) is 3. The quantitative estimate of drug-likeness (QED) is 0.541. The van der Waals surface area contributed by atoms with Gasteiger partial charge in [0.15, 0.2) is 0 Å². The van der Waals surface area contributed by atoms with Crippen LogP contribution in [0.5, 0.6) is 0 Å². The molecule has 8 heteroatoms. The molecule has 24 heavy (non-hydrogen) atoms. The molecule has 1 aromatic heterocycles. The molecular formula is C16H15Cl2N3O3. The average Bonchev–Trinajstić information content (AvgIpc) is 3.04. The van der Waals surface area contributed by atoms with Crippen molar-refractivity contribution in [1.29, 1.82) is 0 Å². The lowest BCUT2D eigenvalue weighted by Gasteiger charge is -2.10. The number of hydrogen-bond acceptors (Lipinski definition) is 4. The van der Waals surface area contributed by atoms with Gasteiger partial charge in [-0.15, -0.1) is 0 Å². The van der Waals surface area contributed by atoms with Crippen molar-refractivity contribution >= 4 is 35.0 Å². The topological polar surface area (TPSA) is 83.4 Å². The summed E-state index contributed by atoms with van der Waals surface area (Å²) in [6.45, 7) is 1.92. The van der Waals surface area contributed by atoms with Crippen molar-refractivity contribution in [2.24, 2.45) is 0 Å². The van der Waals surface area contributed by atoms with Crippen LogP contribution < -0.4 is 16.2 Å². The monoisotopic (exact) mass is 367 g/mol. The van der Waals surface area contributed by atoms with Gasteiger partial charge in [0, 0.05) is 16.8 Å². The van der Waals surface area contributed by atoms with Crippen LogP contribution in [-0.2, 0) is 11.3 Å². The molecule has 2 amide bonds. The zero-order valence-corrected chi connectivity index (χ0v) is 14.2. The summed E-state index contributed by atoms with van der Waals surface area (Å²) in [4.78, 5) is 23.7. The minimum absolute atomic E-state index is 0.236. The second-order valence-electron chi connectivity index (χ2n) is 4.83. The van der Waals surface area contributed by atoms with Gasteiger partial charge in [-0.1, -0.05) is 23.2 Å². The lowest BCUT2D eigenvalue weighted by Crippen LogP contribution is -2.36. The van der Waals surface area contributed by atoms with Crippen molar-refractivity contribution < 1.29 is 14.0 Å². The van der Waals surface area contributed by atoms with Crippen LogP contribution in [0, 0.1) is 0 Å². The summed E-state index contributed by atoms with van der Waals surface area (Å²) < 4.78 is 5.11. The zero-order chi connectivity index (χ0) is 17.5. The molecule has 3 N–H and O–H groups in total. The molecule has 0 radical (unpaired) electrons. The Bertz CT molecular complexity index is 758. The first-order valence-corrected chi connectivity index (χ1v) is 7.71. The van der Waals surface area contributed by atoms with Crippen LogP contribution in [-0.4, -0.2) is 11.8 Å². The first-order valence-electron chi connectivity index (χ1n) is 6.95. The molecule has 0 saturated carbocycles. The van der Waals surface area contributed by atoms with E-state index in [9.17, 15) is 9.59 Å². The second kappa shape index (κ2) is 8.42. The molecular weight excluding hydrogens is 353 g/mol. The van der Waals surface area contributed by atoms with E-state index in [2.05, 4.69) is 16.2 Å². The summed E-state index contributed by atoms with van der Waals surface area (Å²) >= 11 is 11.7. The van der Waals surface area contributed by atoms with E-state index in [1.807, 2.05) is 0 Å². The Morgan fingerprint density at radius 2 is 2.00 bits per heavy atom. The maximum absolute atomic E-state index is 12.0. The predicted octanol–water partition coefficient (Wildman–Crippen LogP) is 3.04. The van der Waals surface area contributed by atoms with E-state index in [4.69, 9.17) is 27.6 Å². The van der Waals surface area contributed by atoms with E-state index < -0.39 is 5.91 Å². The number of carbonyl (C=O) groups is 2. The van der Waals surface area contributed by atoms with Crippen molar-refractivity contribution in [3.8, 4) is 0 Å². The maximum Gasteiger partial charge on any atom is 0.271 e. The molecule has 126 valence electrons. The van der Waals surface area contributed by atoms with Gasteiger partial charge in [-0.25, -0.2) is 0 Å². The molecule has 0 fully saturated rings. The first kappa shape index (κ1) is 17.9. The van der Waals surface area contributed by atoms with Crippen LogP contribution in [0.3, 0.4) is 0 Å². The standard InChI is InChI=1S/C16H15Cl2N3O3/c1-10(7-15(22)19-9-12-3-2-6-24-12)20-21-16(23)13-5-4-11(17)8-14(13)18/h2-8,20H,9H2,1H3,(H,19,22)(H,21,23)/b10-7-. The Morgan fingerprint density at radius 1 is 1.21 bits per heavy atom. The average molecular weight is 368 g/mol. The van der Waals surface area contributed by atoms with Gasteiger partial charge < -0.3 is 15.2 Å². The van der Waals surface area contributed by atoms with E-state index in [1.165, 1.54) is 24.5 Å². The Kier molecular flexibility index (Phi) is 6.28. The van der Waals surface area contributed by atoms with Crippen LogP contribution in [0.2, 0.25) is 10.0 Å². The fraction of sp³-hybridized carbons (Fsp3) is 0.125. The van der Waals surface area contributed by atoms with Gasteiger partial charge in [-0.05, 0) is 37.3 Å². The fourth-order valence-corrected chi connectivity index (χ4v) is 2.26. The molecule has 0 spiro atoms. The number of allylic oxidation sites excluding steroid dienone is 1. The number of halogens is 2. The molecule has 2 aromatic rings. The van der Waals surface area contributed by atoms with Crippen LogP contribution in [0.4, 0.5) is 0 Å². The number of furan rings is 1. The molecule has 6 nitrogen and oxygen atoms in total. The number of hydrazine groups is 1. The Morgan fingerprint density at radius 3 is 2.67 bits per heavy atom. The molecule has 0 unspecified atom stereocenters.